The fourth-order valence-corrected chi connectivity index (χ4v) is 3.00. The monoisotopic (exact) mass is 362 g/mol. The number of rotatable bonds is 6. The van der Waals surface area contributed by atoms with Crippen LogP contribution < -0.4 is 0 Å². The average molecular weight is 362 g/mol. The number of carbonyl (C=O) groups excluding carboxylic acids is 1. The molecule has 0 aliphatic rings. The van der Waals surface area contributed by atoms with Crippen LogP contribution in [0.2, 0.25) is 0 Å². The number of esters is 1. The molecule has 0 spiro atoms. The van der Waals surface area contributed by atoms with E-state index in [9.17, 15) is 4.79 Å². The molecule has 0 amide bonds. The summed E-state index contributed by atoms with van der Waals surface area (Å²) in [6, 6.07) is 19.2. The van der Waals surface area contributed by atoms with Crippen LogP contribution in [0.3, 0.4) is 0 Å². The molecule has 0 aliphatic carbocycles. The predicted octanol–water partition coefficient (Wildman–Crippen LogP) is 5.97. The Hall–Kier alpha value is -2.65. The summed E-state index contributed by atoms with van der Waals surface area (Å²) < 4.78 is 11.4. The van der Waals surface area contributed by atoms with Crippen LogP contribution >= 0.6 is 0 Å². The second-order valence-corrected chi connectivity index (χ2v) is 7.69. The van der Waals surface area contributed by atoms with Crippen LogP contribution in [0, 0.1) is 0 Å². The lowest BCUT2D eigenvalue weighted by molar-refractivity contribution is -0.159. The van der Waals surface area contributed by atoms with Crippen molar-refractivity contribution in [2.24, 2.45) is 0 Å². The molecule has 0 aromatic heterocycles. The van der Waals surface area contributed by atoms with E-state index in [4.69, 9.17) is 9.47 Å². The van der Waals surface area contributed by atoms with Crippen molar-refractivity contribution < 1.29 is 14.3 Å². The lowest BCUT2D eigenvalue weighted by atomic mass is 10.00. The van der Waals surface area contributed by atoms with E-state index in [1.54, 1.807) is 6.92 Å². The molecule has 3 aromatic carbocycles. The Morgan fingerprint density at radius 1 is 1.00 bits per heavy atom. The number of ether oxygens (including phenoxy) is 2. The highest BCUT2D eigenvalue weighted by atomic mass is 16.6. The lowest BCUT2D eigenvalue weighted by Gasteiger charge is -2.27. The van der Waals surface area contributed by atoms with Gasteiger partial charge in [-0.05, 0) is 73.0 Å². The van der Waals surface area contributed by atoms with Crippen LogP contribution in [0.1, 0.15) is 39.4 Å². The zero-order valence-corrected chi connectivity index (χ0v) is 16.4. The van der Waals surface area contributed by atoms with Gasteiger partial charge < -0.3 is 9.47 Å². The average Bonchev–Trinajstić information content (AvgIpc) is 2.63. The minimum absolute atomic E-state index is 0.108. The Bertz CT molecular complexity index is 1000. The molecule has 0 bridgehead atoms. The zero-order chi connectivity index (χ0) is 19.6. The Morgan fingerprint density at radius 3 is 2.22 bits per heavy atom. The van der Waals surface area contributed by atoms with Gasteiger partial charge in [0.05, 0.1) is 12.7 Å². The molecule has 3 nitrogen and oxygen atoms in total. The highest BCUT2D eigenvalue weighted by molar-refractivity contribution is 5.98. The van der Waals surface area contributed by atoms with Crippen LogP contribution in [-0.2, 0) is 14.3 Å². The summed E-state index contributed by atoms with van der Waals surface area (Å²) in [5.74, 6) is -0.395. The van der Waals surface area contributed by atoms with Crippen LogP contribution in [0.15, 0.2) is 66.7 Å². The summed E-state index contributed by atoms with van der Waals surface area (Å²) in [6.45, 7) is 11.3. The predicted molar refractivity (Wildman–Crippen MR) is 111 cm³/mol. The molecule has 1 unspecified atom stereocenters. The quantitative estimate of drug-likeness (QED) is 0.308. The molecule has 0 saturated carbocycles. The van der Waals surface area contributed by atoms with Gasteiger partial charge in [0.25, 0.3) is 0 Å². The highest BCUT2D eigenvalue weighted by Crippen LogP contribution is 2.27. The van der Waals surface area contributed by atoms with Gasteiger partial charge in [-0.2, -0.15) is 0 Å². The summed E-state index contributed by atoms with van der Waals surface area (Å²) in [6.07, 6.45) is -0.108. The first-order valence-corrected chi connectivity index (χ1v) is 9.18. The van der Waals surface area contributed by atoms with Crippen LogP contribution in [0.25, 0.3) is 21.5 Å². The van der Waals surface area contributed by atoms with E-state index in [2.05, 4.69) is 61.2 Å². The van der Waals surface area contributed by atoms with Crippen molar-refractivity contribution in [2.75, 3.05) is 6.61 Å². The first-order chi connectivity index (χ1) is 12.7. The third kappa shape index (κ3) is 4.55. The number of hydrogen-bond acceptors (Lipinski definition) is 3. The van der Waals surface area contributed by atoms with Crippen molar-refractivity contribution in [3.63, 3.8) is 0 Å². The van der Waals surface area contributed by atoms with Gasteiger partial charge in [-0.25, -0.2) is 4.79 Å². The van der Waals surface area contributed by atoms with E-state index in [1.807, 2.05) is 20.8 Å². The second-order valence-electron chi connectivity index (χ2n) is 7.69. The van der Waals surface area contributed by atoms with E-state index in [1.165, 1.54) is 21.5 Å². The van der Waals surface area contributed by atoms with Crippen molar-refractivity contribution in [3.8, 4) is 0 Å². The largest absolute Gasteiger partial charge is 0.454 e. The third-order valence-corrected chi connectivity index (χ3v) is 4.60. The van der Waals surface area contributed by atoms with E-state index < -0.39 is 11.6 Å². The Balaban J connectivity index is 1.75. The molecule has 3 heteroatoms. The van der Waals surface area contributed by atoms with Crippen molar-refractivity contribution in [2.45, 2.75) is 39.4 Å². The Morgan fingerprint density at radius 2 is 1.59 bits per heavy atom. The Labute approximate surface area is 160 Å². The number of carbonyl (C=O) groups is 1. The molecular formula is C24H26O3. The maximum absolute atomic E-state index is 11.7. The van der Waals surface area contributed by atoms with Crippen molar-refractivity contribution in [1.29, 1.82) is 0 Å². The maximum Gasteiger partial charge on any atom is 0.333 e. The van der Waals surface area contributed by atoms with Gasteiger partial charge in [0, 0.05) is 5.57 Å². The smallest absolute Gasteiger partial charge is 0.333 e. The standard InChI is InChI=1S/C24H26O3/c1-16(2)23(25)27-24(4,5)15-26-17(3)18-10-11-21-13-19-8-6-7-9-20(19)14-22(21)12-18/h6-14,17H,1,15H2,2-5H3. The molecule has 3 rings (SSSR count). The third-order valence-electron chi connectivity index (χ3n) is 4.60. The van der Waals surface area contributed by atoms with Crippen LogP contribution in [0.5, 0.6) is 0 Å². The summed E-state index contributed by atoms with van der Waals surface area (Å²) in [7, 11) is 0. The van der Waals surface area contributed by atoms with Gasteiger partial charge in [0.2, 0.25) is 0 Å². The molecular weight excluding hydrogens is 336 g/mol. The van der Waals surface area contributed by atoms with Crippen molar-refractivity contribution in [1.82, 2.24) is 0 Å². The van der Waals surface area contributed by atoms with Crippen LogP contribution in [-0.4, -0.2) is 18.2 Å². The van der Waals surface area contributed by atoms with Gasteiger partial charge in [-0.15, -0.1) is 0 Å². The van der Waals surface area contributed by atoms with Gasteiger partial charge >= 0.3 is 5.97 Å². The number of benzene rings is 3. The van der Waals surface area contributed by atoms with Gasteiger partial charge in [-0.1, -0.05) is 43.0 Å². The fourth-order valence-electron chi connectivity index (χ4n) is 3.00. The summed E-state index contributed by atoms with van der Waals surface area (Å²) in [5, 5.41) is 4.86. The molecule has 27 heavy (non-hydrogen) atoms. The summed E-state index contributed by atoms with van der Waals surface area (Å²) in [5.41, 5.74) is 0.773. The normalized spacial score (nSPS) is 12.9. The highest BCUT2D eigenvalue weighted by Gasteiger charge is 2.25. The van der Waals surface area contributed by atoms with Gasteiger partial charge in [-0.3, -0.25) is 0 Å². The van der Waals surface area contributed by atoms with Crippen LogP contribution in [0.4, 0.5) is 0 Å². The summed E-state index contributed by atoms with van der Waals surface area (Å²) in [4.78, 5) is 11.7. The lowest BCUT2D eigenvalue weighted by Crippen LogP contribution is -2.34. The van der Waals surface area contributed by atoms with Crippen molar-refractivity contribution >= 4 is 27.5 Å². The topological polar surface area (TPSA) is 35.5 Å². The van der Waals surface area contributed by atoms with Gasteiger partial charge in [0.1, 0.15) is 5.60 Å². The zero-order valence-electron chi connectivity index (χ0n) is 16.4. The molecule has 0 aliphatic heterocycles. The molecule has 3 aromatic rings. The van der Waals surface area contributed by atoms with E-state index in [0.717, 1.165) is 5.56 Å². The van der Waals surface area contributed by atoms with Gasteiger partial charge in [0.15, 0.2) is 0 Å². The number of hydrogen-bond donors (Lipinski definition) is 0. The minimum Gasteiger partial charge on any atom is -0.454 e. The second kappa shape index (κ2) is 7.53. The maximum atomic E-state index is 11.7. The Kier molecular flexibility index (Phi) is 5.33. The van der Waals surface area contributed by atoms with E-state index in [0.29, 0.717) is 12.2 Å². The molecule has 0 fully saturated rings. The molecule has 0 radical (unpaired) electrons. The van der Waals surface area contributed by atoms with E-state index in [-0.39, 0.29) is 6.10 Å². The fraction of sp³-hybridized carbons (Fsp3) is 0.292. The molecule has 140 valence electrons. The molecule has 0 N–H and O–H groups in total. The first-order valence-electron chi connectivity index (χ1n) is 9.18. The molecule has 0 heterocycles. The van der Waals surface area contributed by atoms with Crippen molar-refractivity contribution in [3.05, 3.63) is 72.3 Å². The number of fused-ring (bicyclic) bond motifs is 2. The SMILES string of the molecule is C=C(C)C(=O)OC(C)(C)COC(C)c1ccc2cc3ccccc3cc2c1. The first kappa shape index (κ1) is 19.1. The molecule has 1 atom stereocenters. The minimum atomic E-state index is -0.711. The van der Waals surface area contributed by atoms with E-state index >= 15 is 0 Å². The summed E-state index contributed by atoms with van der Waals surface area (Å²) >= 11 is 0. The molecule has 0 saturated heterocycles.